The zero-order valence-electron chi connectivity index (χ0n) is 22.4. The zero-order valence-corrected chi connectivity index (χ0v) is 23.2. The molecule has 0 unspecified atom stereocenters. The summed E-state index contributed by atoms with van der Waals surface area (Å²) < 4.78 is 29.0. The lowest BCUT2D eigenvalue weighted by atomic mass is 9.97. The Morgan fingerprint density at radius 2 is 1.47 bits per heavy atom. The molecule has 198 valence electrons. The second-order valence-corrected chi connectivity index (χ2v) is 12.4. The van der Waals surface area contributed by atoms with Crippen LogP contribution in [0.15, 0.2) is 48.5 Å². The highest BCUT2D eigenvalue weighted by molar-refractivity contribution is 7.92. The molecule has 0 aliphatic rings. The van der Waals surface area contributed by atoms with Crippen molar-refractivity contribution in [2.75, 3.05) is 38.2 Å². The second-order valence-electron chi connectivity index (χ2n) is 10.5. The van der Waals surface area contributed by atoms with E-state index >= 15 is 0 Å². The van der Waals surface area contributed by atoms with E-state index in [4.69, 9.17) is 0 Å². The minimum Gasteiger partial charge on any atom is -0.331 e. The van der Waals surface area contributed by atoms with Gasteiger partial charge in [-0.2, -0.15) is 0 Å². The van der Waals surface area contributed by atoms with Crippen LogP contribution in [-0.2, 0) is 14.8 Å². The fourth-order valence-corrected chi connectivity index (χ4v) is 5.26. The van der Waals surface area contributed by atoms with Crippen molar-refractivity contribution in [1.82, 2.24) is 0 Å². The lowest BCUT2D eigenvalue weighted by Crippen LogP contribution is -2.35. The zero-order chi connectivity index (χ0) is 26.6. The Hall–Kier alpha value is -2.51. The summed E-state index contributed by atoms with van der Waals surface area (Å²) in [6.07, 6.45) is 7.46. The molecule has 0 radical (unpaired) electrons. The molecule has 7 heteroatoms. The number of Topliss-reactive ketones (excluding diaryl/α,β-unsaturated/α-hetero) is 2. The number of carbonyl (C=O) groups excluding carboxylic acids is 2. The van der Waals surface area contributed by atoms with Gasteiger partial charge in [0.1, 0.15) is 0 Å². The fraction of sp³-hybridized carbons (Fsp3) is 0.517. The van der Waals surface area contributed by atoms with Gasteiger partial charge in [-0.05, 0) is 42.5 Å². The van der Waals surface area contributed by atoms with E-state index in [0.717, 1.165) is 60.7 Å². The van der Waals surface area contributed by atoms with Gasteiger partial charge in [0, 0.05) is 6.42 Å². The van der Waals surface area contributed by atoms with Gasteiger partial charge in [0.05, 0.1) is 44.7 Å². The Labute approximate surface area is 217 Å². The van der Waals surface area contributed by atoms with Gasteiger partial charge in [-0.25, -0.2) is 8.42 Å². The number of anilines is 1. The number of nitrogens with one attached hydrogen (secondary N) is 1. The number of nitrogens with zero attached hydrogens (tertiary/aromatic N) is 1. The lowest BCUT2D eigenvalue weighted by Gasteiger charge is -2.23. The van der Waals surface area contributed by atoms with Crippen LogP contribution in [0.1, 0.15) is 75.1 Å². The molecule has 0 heterocycles. The number of hydrogen-bond donors (Lipinski definition) is 1. The third kappa shape index (κ3) is 10.6. The van der Waals surface area contributed by atoms with Crippen molar-refractivity contribution in [3.05, 3.63) is 54.1 Å². The minimum atomic E-state index is -3.64. The number of hydrogen-bond acceptors (Lipinski definition) is 4. The van der Waals surface area contributed by atoms with Gasteiger partial charge in [0.2, 0.25) is 21.6 Å². The van der Waals surface area contributed by atoms with Gasteiger partial charge in [-0.15, -0.1) is 0 Å². The standard InChI is InChI=1S/C29H42N2O4S/c1-5-6-7-8-9-15-22-36(34,35)30-27-20-19-25(24-16-11-10-12-17-24)23-26(27)29(33)28(32)18-13-14-21-31(2,3)4/h10-12,16-17,19-20,23H,5-9,13-15,18,21-22H2,1-4H3/p+1. The summed E-state index contributed by atoms with van der Waals surface area (Å²) in [6, 6.07) is 14.5. The van der Waals surface area contributed by atoms with Gasteiger partial charge in [-0.3, -0.25) is 14.3 Å². The largest absolute Gasteiger partial charge is 0.331 e. The molecule has 36 heavy (non-hydrogen) atoms. The average molecular weight is 516 g/mol. The molecule has 0 fully saturated rings. The summed E-state index contributed by atoms with van der Waals surface area (Å²) in [4.78, 5) is 26.0. The molecule has 0 aliphatic carbocycles. The third-order valence-corrected chi connectivity index (χ3v) is 7.50. The van der Waals surface area contributed by atoms with Crippen molar-refractivity contribution in [1.29, 1.82) is 0 Å². The maximum atomic E-state index is 13.2. The minimum absolute atomic E-state index is 0.00775. The molecule has 0 aliphatic heterocycles. The second kappa shape index (κ2) is 14.3. The van der Waals surface area contributed by atoms with Crippen LogP contribution >= 0.6 is 0 Å². The topological polar surface area (TPSA) is 80.3 Å². The molecule has 2 aromatic carbocycles. The number of benzene rings is 2. The van der Waals surface area contributed by atoms with E-state index < -0.39 is 21.6 Å². The van der Waals surface area contributed by atoms with Crippen molar-refractivity contribution >= 4 is 27.3 Å². The van der Waals surface area contributed by atoms with Crippen LogP contribution in [0.25, 0.3) is 11.1 Å². The summed E-state index contributed by atoms with van der Waals surface area (Å²) in [7, 11) is 2.63. The number of carbonyl (C=O) groups is 2. The molecule has 0 spiro atoms. The van der Waals surface area contributed by atoms with Crippen LogP contribution < -0.4 is 4.72 Å². The van der Waals surface area contributed by atoms with E-state index in [1.54, 1.807) is 18.2 Å². The molecule has 0 aromatic heterocycles. The first-order chi connectivity index (χ1) is 17.0. The molecule has 0 saturated heterocycles. The molecular weight excluding hydrogens is 472 g/mol. The Kier molecular flexibility index (Phi) is 11.8. The van der Waals surface area contributed by atoms with Crippen LogP contribution in [0.3, 0.4) is 0 Å². The maximum absolute atomic E-state index is 13.2. The van der Waals surface area contributed by atoms with Gasteiger partial charge in [-0.1, -0.05) is 75.4 Å². The molecule has 0 atom stereocenters. The van der Waals surface area contributed by atoms with E-state index in [1.165, 1.54) is 0 Å². The van der Waals surface area contributed by atoms with Crippen LogP contribution in [0, 0.1) is 0 Å². The summed E-state index contributed by atoms with van der Waals surface area (Å²) in [5.41, 5.74) is 1.93. The molecular formula is C29H43N2O4S+. The molecule has 2 rings (SSSR count). The van der Waals surface area contributed by atoms with Crippen LogP contribution in [0.2, 0.25) is 0 Å². The molecule has 0 saturated carbocycles. The first-order valence-corrected chi connectivity index (χ1v) is 14.8. The monoisotopic (exact) mass is 515 g/mol. The summed E-state index contributed by atoms with van der Waals surface area (Å²) >= 11 is 0. The van der Waals surface area contributed by atoms with Gasteiger partial charge in [0.25, 0.3) is 0 Å². The normalized spacial score (nSPS) is 11.9. The summed E-state index contributed by atoms with van der Waals surface area (Å²) in [6.45, 7) is 3.06. The predicted octanol–water partition coefficient (Wildman–Crippen LogP) is 6.08. The van der Waals surface area contributed by atoms with E-state index in [9.17, 15) is 18.0 Å². The highest BCUT2D eigenvalue weighted by Crippen LogP contribution is 2.27. The highest BCUT2D eigenvalue weighted by atomic mass is 32.2. The SMILES string of the molecule is CCCCCCCCS(=O)(=O)Nc1ccc(-c2ccccc2)cc1C(=O)C(=O)CCCC[N+](C)(C)C. The van der Waals surface area contributed by atoms with E-state index in [1.807, 2.05) is 30.3 Å². The average Bonchev–Trinajstić information content (AvgIpc) is 2.83. The van der Waals surface area contributed by atoms with E-state index in [0.29, 0.717) is 12.8 Å². The van der Waals surface area contributed by atoms with Crippen molar-refractivity contribution in [3.63, 3.8) is 0 Å². The summed E-state index contributed by atoms with van der Waals surface area (Å²) in [5.74, 6) is -1.14. The Morgan fingerprint density at radius 3 is 2.14 bits per heavy atom. The Bertz CT molecular complexity index is 1090. The number of quaternary nitrogens is 1. The fourth-order valence-electron chi connectivity index (χ4n) is 4.06. The molecule has 2 aromatic rings. The number of ketones is 2. The Balaban J connectivity index is 2.18. The first-order valence-electron chi connectivity index (χ1n) is 13.1. The van der Waals surface area contributed by atoms with Crippen molar-refractivity contribution < 1.29 is 22.5 Å². The van der Waals surface area contributed by atoms with Crippen molar-refractivity contribution in [3.8, 4) is 11.1 Å². The molecule has 6 nitrogen and oxygen atoms in total. The molecule has 0 bridgehead atoms. The first kappa shape index (κ1) is 29.7. The van der Waals surface area contributed by atoms with Crippen molar-refractivity contribution in [2.24, 2.45) is 0 Å². The van der Waals surface area contributed by atoms with E-state index in [-0.39, 0.29) is 23.4 Å². The maximum Gasteiger partial charge on any atom is 0.232 e. The van der Waals surface area contributed by atoms with E-state index in [2.05, 4.69) is 32.8 Å². The van der Waals surface area contributed by atoms with Crippen LogP contribution in [-0.4, -0.2) is 57.9 Å². The van der Waals surface area contributed by atoms with Crippen molar-refractivity contribution in [2.45, 2.75) is 64.7 Å². The lowest BCUT2D eigenvalue weighted by molar-refractivity contribution is -0.870. The summed E-state index contributed by atoms with van der Waals surface area (Å²) in [5, 5.41) is 0. The van der Waals surface area contributed by atoms with Gasteiger partial charge < -0.3 is 4.48 Å². The third-order valence-electron chi connectivity index (χ3n) is 6.14. The van der Waals surface area contributed by atoms with Gasteiger partial charge >= 0.3 is 0 Å². The highest BCUT2D eigenvalue weighted by Gasteiger charge is 2.23. The predicted molar refractivity (Wildman–Crippen MR) is 149 cm³/mol. The number of unbranched alkanes of at least 4 members (excludes halogenated alkanes) is 6. The van der Waals surface area contributed by atoms with Crippen LogP contribution in [0.5, 0.6) is 0 Å². The Morgan fingerprint density at radius 1 is 0.806 bits per heavy atom. The number of rotatable bonds is 17. The molecule has 0 amide bonds. The van der Waals surface area contributed by atoms with Crippen LogP contribution in [0.4, 0.5) is 5.69 Å². The quantitative estimate of drug-likeness (QED) is 0.120. The molecule has 1 N–H and O–H groups in total. The van der Waals surface area contributed by atoms with Gasteiger partial charge in [0.15, 0.2) is 0 Å². The number of sulfonamides is 1. The smallest absolute Gasteiger partial charge is 0.232 e.